The van der Waals surface area contributed by atoms with Gasteiger partial charge in [-0.2, -0.15) is 10.4 Å². The van der Waals surface area contributed by atoms with E-state index in [2.05, 4.69) is 11.2 Å². The molecule has 2 aliphatic rings. The highest BCUT2D eigenvalue weighted by molar-refractivity contribution is 5.74. The lowest BCUT2D eigenvalue weighted by molar-refractivity contribution is 0.100. The minimum Gasteiger partial charge on any atom is -0.384 e. The monoisotopic (exact) mass is 364 g/mol. The molecule has 1 fully saturated rings. The van der Waals surface area contributed by atoms with Crippen LogP contribution >= 0.6 is 0 Å². The van der Waals surface area contributed by atoms with Crippen LogP contribution in [0.25, 0.3) is 11.3 Å². The number of fused-ring (bicyclic) bond motifs is 1. The van der Waals surface area contributed by atoms with E-state index in [0.29, 0.717) is 6.61 Å². The smallest absolute Gasteiger partial charge is 0.102 e. The molecular weight excluding hydrogens is 336 g/mol. The van der Waals surface area contributed by atoms with Crippen LogP contribution < -0.4 is 0 Å². The molecule has 0 amide bonds. The van der Waals surface area contributed by atoms with E-state index < -0.39 is 0 Å². The molecule has 0 aromatic carbocycles. The van der Waals surface area contributed by atoms with Crippen molar-refractivity contribution in [3.63, 3.8) is 0 Å². The lowest BCUT2D eigenvalue weighted by Crippen LogP contribution is -2.36. The molecule has 0 bridgehead atoms. The fraction of sp³-hybridized carbons (Fsp3) is 0.591. The summed E-state index contributed by atoms with van der Waals surface area (Å²) in [5.74, 6) is 0. The number of methoxy groups -OCH3 is 1. The number of ether oxygens (including phenoxy) is 1. The predicted molar refractivity (Wildman–Crippen MR) is 104 cm³/mol. The van der Waals surface area contributed by atoms with Crippen molar-refractivity contribution < 1.29 is 4.74 Å². The summed E-state index contributed by atoms with van der Waals surface area (Å²) in [5, 5.41) is 14.6. The van der Waals surface area contributed by atoms with Gasteiger partial charge in [0.25, 0.3) is 0 Å². The topological polar surface area (TPSA) is 63.7 Å². The number of hydrogen-bond donors (Lipinski definition) is 0. The van der Waals surface area contributed by atoms with Crippen LogP contribution in [-0.2, 0) is 30.0 Å². The van der Waals surface area contributed by atoms with Gasteiger partial charge in [-0.25, -0.2) is 0 Å². The summed E-state index contributed by atoms with van der Waals surface area (Å²) >= 11 is 0. The Morgan fingerprint density at radius 1 is 1.19 bits per heavy atom. The summed E-state index contributed by atoms with van der Waals surface area (Å²) in [7, 11) is 3.72. The number of rotatable bonds is 4. The van der Waals surface area contributed by atoms with Gasteiger partial charge in [-0.05, 0) is 50.2 Å². The maximum atomic E-state index is 10.2. The van der Waals surface area contributed by atoms with Crippen molar-refractivity contribution in [2.24, 2.45) is 7.05 Å². The van der Waals surface area contributed by atoms with Crippen LogP contribution in [0.2, 0.25) is 0 Å². The van der Waals surface area contributed by atoms with E-state index in [9.17, 15) is 5.26 Å². The average Bonchev–Trinajstić information content (AvgIpc) is 3.13. The van der Waals surface area contributed by atoms with Crippen molar-refractivity contribution >= 4 is 0 Å². The minimum absolute atomic E-state index is 0.141. The molecule has 2 aromatic heterocycles. The normalized spacial score (nSPS) is 18.7. The largest absolute Gasteiger partial charge is 0.384 e. The zero-order valence-electron chi connectivity index (χ0n) is 16.4. The summed E-state index contributed by atoms with van der Waals surface area (Å²) in [6.45, 7) is 0.637. The van der Waals surface area contributed by atoms with Crippen LogP contribution in [0.4, 0.5) is 0 Å². The zero-order valence-corrected chi connectivity index (χ0v) is 16.4. The third kappa shape index (κ3) is 3.06. The SMILES string of the molecule is COCC1(c2nc3c(c(-c4ccnn4C)c2C#N)CCCC3)CCCCC1. The molecule has 0 spiro atoms. The highest BCUT2D eigenvalue weighted by Crippen LogP contribution is 2.44. The fourth-order valence-corrected chi connectivity index (χ4v) is 5.09. The van der Waals surface area contributed by atoms with Crippen LogP contribution in [0.1, 0.15) is 67.5 Å². The van der Waals surface area contributed by atoms with E-state index in [1.54, 1.807) is 7.11 Å². The second kappa shape index (κ2) is 7.44. The van der Waals surface area contributed by atoms with Gasteiger partial charge in [-0.3, -0.25) is 9.67 Å². The summed E-state index contributed by atoms with van der Waals surface area (Å²) in [6.07, 6.45) is 11.8. The van der Waals surface area contributed by atoms with Crippen molar-refractivity contribution in [2.75, 3.05) is 13.7 Å². The number of nitriles is 1. The lowest BCUT2D eigenvalue weighted by atomic mass is 9.69. The fourth-order valence-electron chi connectivity index (χ4n) is 5.09. The molecule has 5 nitrogen and oxygen atoms in total. The van der Waals surface area contributed by atoms with E-state index in [1.165, 1.54) is 36.9 Å². The van der Waals surface area contributed by atoms with Crippen molar-refractivity contribution in [2.45, 2.75) is 63.2 Å². The molecule has 2 heterocycles. The van der Waals surface area contributed by atoms with Crippen molar-refractivity contribution in [1.82, 2.24) is 14.8 Å². The minimum atomic E-state index is -0.141. The van der Waals surface area contributed by atoms with Crippen molar-refractivity contribution in [3.8, 4) is 17.3 Å². The lowest BCUT2D eigenvalue weighted by Gasteiger charge is -2.38. The Morgan fingerprint density at radius 2 is 1.96 bits per heavy atom. The zero-order chi connectivity index (χ0) is 18.9. The second-order valence-electron chi connectivity index (χ2n) is 8.07. The number of nitrogens with zero attached hydrogens (tertiary/aromatic N) is 4. The van der Waals surface area contributed by atoms with Crippen molar-refractivity contribution in [1.29, 1.82) is 5.26 Å². The molecule has 27 heavy (non-hydrogen) atoms. The molecule has 2 aliphatic carbocycles. The van der Waals surface area contributed by atoms with E-state index in [-0.39, 0.29) is 5.41 Å². The number of hydrogen-bond acceptors (Lipinski definition) is 4. The maximum absolute atomic E-state index is 10.2. The van der Waals surface area contributed by atoms with Crippen molar-refractivity contribution in [3.05, 3.63) is 34.8 Å². The highest BCUT2D eigenvalue weighted by Gasteiger charge is 2.40. The van der Waals surface area contributed by atoms with Gasteiger partial charge in [-0.1, -0.05) is 19.3 Å². The number of pyridine rings is 1. The third-order valence-corrected chi connectivity index (χ3v) is 6.40. The molecule has 4 rings (SSSR count). The summed E-state index contributed by atoms with van der Waals surface area (Å²) in [6, 6.07) is 4.58. The molecule has 0 aliphatic heterocycles. The first-order chi connectivity index (χ1) is 13.2. The standard InChI is InChI=1S/C22H28N4O/c1-26-19(10-13-24-26)20-16-8-4-5-9-18(16)25-21(17(20)14-23)22(15-27-2)11-6-3-7-12-22/h10,13H,3-9,11-12,15H2,1-2H3. The molecule has 5 heteroatoms. The van der Waals surface area contributed by atoms with Gasteiger partial charge in [0.15, 0.2) is 0 Å². The maximum Gasteiger partial charge on any atom is 0.102 e. The first-order valence-electron chi connectivity index (χ1n) is 10.1. The van der Waals surface area contributed by atoms with Gasteiger partial charge in [0, 0.05) is 37.0 Å². The molecule has 0 N–H and O–H groups in total. The Hall–Kier alpha value is -2.19. The quantitative estimate of drug-likeness (QED) is 0.820. The third-order valence-electron chi connectivity index (χ3n) is 6.40. The van der Waals surface area contributed by atoms with Crippen LogP contribution in [0, 0.1) is 11.3 Å². The molecule has 0 unspecified atom stereocenters. The van der Waals surface area contributed by atoms with E-state index in [4.69, 9.17) is 9.72 Å². The van der Waals surface area contributed by atoms with Gasteiger partial charge >= 0.3 is 0 Å². The first kappa shape index (κ1) is 18.2. The van der Waals surface area contributed by atoms with E-state index >= 15 is 0 Å². The van der Waals surface area contributed by atoms with Crippen LogP contribution in [0.15, 0.2) is 12.3 Å². The molecule has 0 radical (unpaired) electrons. The van der Waals surface area contributed by atoms with Gasteiger partial charge in [0.05, 0.1) is 23.6 Å². The Kier molecular flexibility index (Phi) is 5.01. The molecule has 0 saturated heterocycles. The highest BCUT2D eigenvalue weighted by atomic mass is 16.5. The predicted octanol–water partition coefficient (Wildman–Crippen LogP) is 4.08. The first-order valence-corrected chi connectivity index (χ1v) is 10.1. The molecular formula is C22H28N4O. The van der Waals surface area contributed by atoms with Gasteiger partial charge in [0.2, 0.25) is 0 Å². The summed E-state index contributed by atoms with van der Waals surface area (Å²) in [5.41, 5.74) is 6.12. The summed E-state index contributed by atoms with van der Waals surface area (Å²) < 4.78 is 7.56. The molecule has 1 saturated carbocycles. The second-order valence-corrected chi connectivity index (χ2v) is 8.07. The van der Waals surface area contributed by atoms with Crippen LogP contribution in [0.3, 0.4) is 0 Å². The van der Waals surface area contributed by atoms with Crippen LogP contribution in [0.5, 0.6) is 0 Å². The number of aromatic nitrogens is 3. The molecule has 0 atom stereocenters. The Morgan fingerprint density at radius 3 is 2.63 bits per heavy atom. The Labute approximate surface area is 161 Å². The summed E-state index contributed by atoms with van der Waals surface area (Å²) in [4.78, 5) is 5.17. The number of aryl methyl sites for hydroxylation is 2. The Bertz CT molecular complexity index is 866. The van der Waals surface area contributed by atoms with Gasteiger partial charge in [0.1, 0.15) is 6.07 Å². The average molecular weight is 364 g/mol. The van der Waals surface area contributed by atoms with E-state index in [1.807, 2.05) is 24.0 Å². The Balaban J connectivity index is 2.00. The van der Waals surface area contributed by atoms with Crippen LogP contribution in [-0.4, -0.2) is 28.5 Å². The van der Waals surface area contributed by atoms with Gasteiger partial charge < -0.3 is 4.74 Å². The van der Waals surface area contributed by atoms with Gasteiger partial charge in [-0.15, -0.1) is 0 Å². The molecule has 142 valence electrons. The molecule has 2 aromatic rings. The van der Waals surface area contributed by atoms with E-state index in [0.717, 1.165) is 54.6 Å².